The van der Waals surface area contributed by atoms with Gasteiger partial charge in [-0.1, -0.05) is 38.3 Å². The summed E-state index contributed by atoms with van der Waals surface area (Å²) in [5, 5.41) is 17.5. The van der Waals surface area contributed by atoms with E-state index in [9.17, 15) is 5.11 Å². The second-order valence-corrected chi connectivity index (χ2v) is 3.89. The van der Waals surface area contributed by atoms with Crippen LogP contribution in [0.15, 0.2) is 6.20 Å². The van der Waals surface area contributed by atoms with Gasteiger partial charge in [-0.3, -0.25) is 4.68 Å². The molecule has 1 heterocycles. The van der Waals surface area contributed by atoms with Crippen molar-refractivity contribution in [3.8, 4) is 0 Å². The van der Waals surface area contributed by atoms with Crippen LogP contribution >= 0.6 is 0 Å². The molecule has 0 bridgehead atoms. The molecule has 1 aromatic rings. The van der Waals surface area contributed by atoms with Gasteiger partial charge in [-0.15, -0.1) is 5.10 Å². The predicted octanol–water partition coefficient (Wildman–Crippen LogP) is 2.30. The molecular weight excluding hydrogens is 190 g/mol. The van der Waals surface area contributed by atoms with E-state index in [2.05, 4.69) is 17.2 Å². The fourth-order valence-electron chi connectivity index (χ4n) is 1.49. The Hall–Kier alpha value is -0.900. The Morgan fingerprint density at radius 3 is 2.80 bits per heavy atom. The van der Waals surface area contributed by atoms with Crippen LogP contribution < -0.4 is 0 Å². The van der Waals surface area contributed by atoms with E-state index in [4.69, 9.17) is 0 Å². The van der Waals surface area contributed by atoms with Crippen molar-refractivity contribution in [2.24, 2.45) is 0 Å². The topological polar surface area (TPSA) is 50.9 Å². The second kappa shape index (κ2) is 6.56. The van der Waals surface area contributed by atoms with Crippen molar-refractivity contribution >= 4 is 0 Å². The first-order chi connectivity index (χ1) is 7.27. The van der Waals surface area contributed by atoms with Gasteiger partial charge in [0.25, 0.3) is 0 Å². The Morgan fingerprint density at radius 1 is 1.33 bits per heavy atom. The summed E-state index contributed by atoms with van der Waals surface area (Å²) >= 11 is 0. The van der Waals surface area contributed by atoms with Gasteiger partial charge in [-0.05, 0) is 12.8 Å². The third-order valence-electron chi connectivity index (χ3n) is 2.53. The molecule has 0 amide bonds. The van der Waals surface area contributed by atoms with E-state index < -0.39 is 6.10 Å². The average Bonchev–Trinajstić information content (AvgIpc) is 2.72. The summed E-state index contributed by atoms with van der Waals surface area (Å²) in [6.07, 6.45) is 6.97. The molecule has 0 spiro atoms. The monoisotopic (exact) mass is 211 g/mol. The molecule has 1 rings (SSSR count). The second-order valence-electron chi connectivity index (χ2n) is 3.89. The summed E-state index contributed by atoms with van der Waals surface area (Å²) in [5.74, 6) is 0. The highest BCUT2D eigenvalue weighted by atomic mass is 16.3. The molecule has 0 saturated carbocycles. The van der Waals surface area contributed by atoms with E-state index in [1.807, 2.05) is 17.8 Å². The Balaban J connectivity index is 2.33. The summed E-state index contributed by atoms with van der Waals surface area (Å²) in [7, 11) is 0. The Morgan fingerprint density at radius 2 is 2.13 bits per heavy atom. The van der Waals surface area contributed by atoms with Crippen molar-refractivity contribution in [2.45, 2.75) is 58.6 Å². The smallest absolute Gasteiger partial charge is 0.111 e. The van der Waals surface area contributed by atoms with Crippen LogP contribution in [-0.4, -0.2) is 20.1 Å². The molecule has 4 heteroatoms. The lowest BCUT2D eigenvalue weighted by molar-refractivity contribution is 0.168. The third kappa shape index (κ3) is 4.00. The van der Waals surface area contributed by atoms with Gasteiger partial charge in [-0.2, -0.15) is 0 Å². The van der Waals surface area contributed by atoms with Crippen LogP contribution in [0.4, 0.5) is 0 Å². The zero-order valence-electron chi connectivity index (χ0n) is 9.69. The molecule has 0 saturated heterocycles. The molecule has 1 unspecified atom stereocenters. The third-order valence-corrected chi connectivity index (χ3v) is 2.53. The minimum atomic E-state index is -0.464. The number of hydrogen-bond acceptors (Lipinski definition) is 3. The number of unbranched alkanes of at least 4 members (excludes halogenated alkanes) is 3. The van der Waals surface area contributed by atoms with Crippen molar-refractivity contribution in [3.05, 3.63) is 11.9 Å². The van der Waals surface area contributed by atoms with E-state index in [-0.39, 0.29) is 0 Å². The molecule has 1 aromatic heterocycles. The zero-order valence-corrected chi connectivity index (χ0v) is 9.69. The van der Waals surface area contributed by atoms with Crippen LogP contribution in [0.3, 0.4) is 0 Å². The predicted molar refractivity (Wildman–Crippen MR) is 59.4 cm³/mol. The number of hydrogen-bond donors (Lipinski definition) is 1. The first kappa shape index (κ1) is 12.2. The van der Waals surface area contributed by atoms with Gasteiger partial charge < -0.3 is 5.11 Å². The van der Waals surface area contributed by atoms with E-state index in [0.717, 1.165) is 13.0 Å². The normalized spacial score (nSPS) is 13.0. The van der Waals surface area contributed by atoms with Gasteiger partial charge in [0, 0.05) is 6.54 Å². The molecule has 0 aliphatic carbocycles. The van der Waals surface area contributed by atoms with Crippen molar-refractivity contribution in [2.75, 3.05) is 0 Å². The number of nitrogens with zero attached hydrogens (tertiary/aromatic N) is 3. The molecule has 0 aliphatic rings. The van der Waals surface area contributed by atoms with E-state index in [0.29, 0.717) is 12.1 Å². The highest BCUT2D eigenvalue weighted by Gasteiger charge is 2.08. The van der Waals surface area contributed by atoms with E-state index >= 15 is 0 Å². The van der Waals surface area contributed by atoms with E-state index in [1.54, 1.807) is 0 Å². The Kier molecular flexibility index (Phi) is 5.32. The minimum absolute atomic E-state index is 0.464. The lowest BCUT2D eigenvalue weighted by Gasteiger charge is -2.01. The average molecular weight is 211 g/mol. The molecule has 15 heavy (non-hydrogen) atoms. The Bertz CT molecular complexity index is 273. The van der Waals surface area contributed by atoms with Crippen LogP contribution in [0.25, 0.3) is 0 Å². The van der Waals surface area contributed by atoms with Crippen molar-refractivity contribution in [3.63, 3.8) is 0 Å². The molecule has 0 aromatic carbocycles. The lowest BCUT2D eigenvalue weighted by Crippen LogP contribution is -1.98. The molecule has 1 atom stereocenters. The zero-order chi connectivity index (χ0) is 11.1. The number of rotatable bonds is 7. The molecule has 0 fully saturated rings. The summed E-state index contributed by atoms with van der Waals surface area (Å²) < 4.78 is 1.82. The summed E-state index contributed by atoms with van der Waals surface area (Å²) in [6.45, 7) is 5.04. The number of aromatic nitrogens is 3. The summed E-state index contributed by atoms with van der Waals surface area (Å²) in [6, 6.07) is 0. The first-order valence-electron chi connectivity index (χ1n) is 5.86. The van der Waals surface area contributed by atoms with Gasteiger partial charge >= 0.3 is 0 Å². The van der Waals surface area contributed by atoms with Crippen LogP contribution in [0.5, 0.6) is 0 Å². The van der Waals surface area contributed by atoms with Crippen molar-refractivity contribution < 1.29 is 5.11 Å². The van der Waals surface area contributed by atoms with Crippen LogP contribution in [0.2, 0.25) is 0 Å². The maximum atomic E-state index is 9.54. The number of aryl methyl sites for hydroxylation is 1. The standard InChI is InChI=1S/C11H21N3O/c1-3-5-6-7-8-14-9-10(12-13-14)11(15)4-2/h9,11,15H,3-8H2,1-2H3. The fourth-order valence-corrected chi connectivity index (χ4v) is 1.49. The lowest BCUT2D eigenvalue weighted by atomic mass is 10.2. The van der Waals surface area contributed by atoms with Gasteiger partial charge in [0.05, 0.1) is 12.3 Å². The van der Waals surface area contributed by atoms with Gasteiger partial charge in [0.15, 0.2) is 0 Å². The minimum Gasteiger partial charge on any atom is -0.387 e. The first-order valence-corrected chi connectivity index (χ1v) is 5.86. The quantitative estimate of drug-likeness (QED) is 0.704. The fraction of sp³-hybridized carbons (Fsp3) is 0.818. The van der Waals surface area contributed by atoms with Crippen LogP contribution in [0, 0.1) is 0 Å². The molecule has 86 valence electrons. The number of aliphatic hydroxyl groups excluding tert-OH is 1. The molecule has 0 aliphatic heterocycles. The van der Waals surface area contributed by atoms with Crippen molar-refractivity contribution in [1.82, 2.24) is 15.0 Å². The SMILES string of the molecule is CCCCCCn1cc(C(O)CC)nn1. The largest absolute Gasteiger partial charge is 0.387 e. The van der Waals surface area contributed by atoms with Gasteiger partial charge in [-0.25, -0.2) is 0 Å². The number of aliphatic hydroxyl groups is 1. The maximum Gasteiger partial charge on any atom is 0.111 e. The van der Waals surface area contributed by atoms with Gasteiger partial charge in [0.2, 0.25) is 0 Å². The molecule has 4 nitrogen and oxygen atoms in total. The van der Waals surface area contributed by atoms with E-state index in [1.165, 1.54) is 19.3 Å². The van der Waals surface area contributed by atoms with Gasteiger partial charge in [0.1, 0.15) is 5.69 Å². The molecule has 1 N–H and O–H groups in total. The van der Waals surface area contributed by atoms with Crippen molar-refractivity contribution in [1.29, 1.82) is 0 Å². The Labute approximate surface area is 91.3 Å². The molecular formula is C11H21N3O. The molecule has 0 radical (unpaired) electrons. The highest BCUT2D eigenvalue weighted by molar-refractivity contribution is 4.96. The summed E-state index contributed by atoms with van der Waals surface area (Å²) in [4.78, 5) is 0. The highest BCUT2D eigenvalue weighted by Crippen LogP contribution is 2.12. The summed E-state index contributed by atoms with van der Waals surface area (Å²) in [5.41, 5.74) is 0.688. The van der Waals surface area contributed by atoms with Crippen LogP contribution in [0.1, 0.15) is 57.7 Å². The van der Waals surface area contributed by atoms with Crippen LogP contribution in [-0.2, 0) is 6.54 Å². The maximum absolute atomic E-state index is 9.54.